The first kappa shape index (κ1) is 12.6. The highest BCUT2D eigenvalue weighted by atomic mass is 16.8. The first-order chi connectivity index (χ1) is 10.3. The molecule has 2 aromatic carbocycles. The van der Waals surface area contributed by atoms with Gasteiger partial charge in [-0.2, -0.15) is 0 Å². The lowest BCUT2D eigenvalue weighted by Gasteiger charge is -2.33. The predicted molar refractivity (Wildman–Crippen MR) is 77.5 cm³/mol. The molecule has 2 aromatic rings. The van der Waals surface area contributed by atoms with Gasteiger partial charge in [-0.3, -0.25) is 4.79 Å². The van der Waals surface area contributed by atoms with Crippen LogP contribution in [0, 0.1) is 5.92 Å². The first-order valence-electron chi connectivity index (χ1n) is 7.26. The highest BCUT2D eigenvalue weighted by Crippen LogP contribution is 2.54. The molecule has 2 fully saturated rings. The Morgan fingerprint density at radius 3 is 2.00 bits per heavy atom. The highest BCUT2D eigenvalue weighted by molar-refractivity contribution is 5.81. The van der Waals surface area contributed by atoms with Gasteiger partial charge in [-0.25, -0.2) is 0 Å². The molecule has 106 valence electrons. The Labute approximate surface area is 123 Å². The molecule has 0 amide bonds. The molecule has 4 rings (SSSR count). The molecule has 0 aliphatic carbocycles. The number of epoxide rings is 1. The Kier molecular flexibility index (Phi) is 2.82. The average Bonchev–Trinajstić information content (AvgIpc) is 3.22. The van der Waals surface area contributed by atoms with Crippen LogP contribution in [0.15, 0.2) is 60.7 Å². The van der Waals surface area contributed by atoms with Crippen LogP contribution in [0.25, 0.3) is 0 Å². The summed E-state index contributed by atoms with van der Waals surface area (Å²) in [6.45, 7) is 0. The minimum absolute atomic E-state index is 0.00804. The molecule has 2 saturated heterocycles. The summed E-state index contributed by atoms with van der Waals surface area (Å²) in [7, 11) is 0. The topological polar surface area (TPSA) is 38.8 Å². The summed E-state index contributed by atoms with van der Waals surface area (Å²) < 4.78 is 11.1. The summed E-state index contributed by atoms with van der Waals surface area (Å²) in [5.41, 5.74) is 2.35. The van der Waals surface area contributed by atoms with E-state index in [1.165, 1.54) is 5.56 Å². The van der Waals surface area contributed by atoms with Crippen molar-refractivity contribution in [1.29, 1.82) is 0 Å². The first-order valence-corrected chi connectivity index (χ1v) is 7.26. The van der Waals surface area contributed by atoms with Crippen LogP contribution in [-0.2, 0) is 27.1 Å². The zero-order valence-electron chi connectivity index (χ0n) is 11.6. The van der Waals surface area contributed by atoms with Crippen molar-refractivity contribution in [3.8, 4) is 0 Å². The van der Waals surface area contributed by atoms with E-state index in [4.69, 9.17) is 9.47 Å². The summed E-state index contributed by atoms with van der Waals surface area (Å²) in [4.78, 5) is 11.8. The number of hydrogen-bond donors (Lipinski definition) is 0. The van der Waals surface area contributed by atoms with Gasteiger partial charge in [-0.1, -0.05) is 60.7 Å². The molecule has 0 radical (unpaired) electrons. The fourth-order valence-corrected chi connectivity index (χ4v) is 3.08. The zero-order valence-corrected chi connectivity index (χ0v) is 11.6. The molecular weight excluding hydrogens is 264 g/mol. The van der Waals surface area contributed by atoms with Crippen molar-refractivity contribution < 1.29 is 14.3 Å². The molecule has 3 heteroatoms. The van der Waals surface area contributed by atoms with Gasteiger partial charge >= 0.3 is 5.97 Å². The van der Waals surface area contributed by atoms with Crippen molar-refractivity contribution in [3.05, 3.63) is 71.8 Å². The van der Waals surface area contributed by atoms with E-state index < -0.39 is 5.79 Å². The van der Waals surface area contributed by atoms with Crippen LogP contribution in [0.2, 0.25) is 0 Å². The Morgan fingerprint density at radius 2 is 1.43 bits per heavy atom. The smallest absolute Gasteiger partial charge is 0.318 e. The molecule has 0 saturated carbocycles. The van der Waals surface area contributed by atoms with Crippen molar-refractivity contribution in [2.75, 3.05) is 0 Å². The number of carbonyl (C=O) groups excluding carboxylic acids is 1. The fourth-order valence-electron chi connectivity index (χ4n) is 3.08. The largest absolute Gasteiger partial charge is 0.429 e. The van der Waals surface area contributed by atoms with Gasteiger partial charge in [-0.15, -0.1) is 0 Å². The van der Waals surface area contributed by atoms with E-state index in [2.05, 4.69) is 12.1 Å². The van der Waals surface area contributed by atoms with E-state index in [1.807, 2.05) is 48.5 Å². The SMILES string of the molecule is O=C1O[C@]2(O[C@H]2Cc2ccccc2)[C@H]1Cc1ccccc1. The third-order valence-corrected chi connectivity index (χ3v) is 4.29. The van der Waals surface area contributed by atoms with Gasteiger partial charge in [0.15, 0.2) is 0 Å². The van der Waals surface area contributed by atoms with Crippen molar-refractivity contribution >= 4 is 5.97 Å². The number of benzene rings is 2. The summed E-state index contributed by atoms with van der Waals surface area (Å²) in [6, 6.07) is 20.2. The third-order valence-electron chi connectivity index (χ3n) is 4.29. The Hall–Kier alpha value is -2.13. The van der Waals surface area contributed by atoms with Crippen LogP contribution in [0.5, 0.6) is 0 Å². The second-order valence-corrected chi connectivity index (χ2v) is 5.68. The molecule has 0 aromatic heterocycles. The van der Waals surface area contributed by atoms with Crippen LogP contribution >= 0.6 is 0 Å². The lowest BCUT2D eigenvalue weighted by Crippen LogP contribution is -2.51. The van der Waals surface area contributed by atoms with E-state index >= 15 is 0 Å². The van der Waals surface area contributed by atoms with E-state index in [1.54, 1.807) is 0 Å². The van der Waals surface area contributed by atoms with Gasteiger partial charge in [-0.05, 0) is 17.5 Å². The number of esters is 1. The van der Waals surface area contributed by atoms with Gasteiger partial charge < -0.3 is 9.47 Å². The summed E-state index contributed by atoms with van der Waals surface area (Å²) in [6.07, 6.45) is 1.47. The molecule has 3 atom stereocenters. The quantitative estimate of drug-likeness (QED) is 0.638. The van der Waals surface area contributed by atoms with Gasteiger partial charge in [0.1, 0.15) is 12.0 Å². The second kappa shape index (κ2) is 4.71. The van der Waals surface area contributed by atoms with Gasteiger partial charge in [0.25, 0.3) is 5.79 Å². The monoisotopic (exact) mass is 280 g/mol. The van der Waals surface area contributed by atoms with Crippen LogP contribution < -0.4 is 0 Å². The Morgan fingerprint density at radius 1 is 0.857 bits per heavy atom. The van der Waals surface area contributed by atoms with E-state index in [0.717, 1.165) is 12.0 Å². The minimum Gasteiger partial charge on any atom is -0.429 e. The molecule has 2 aliphatic rings. The standard InChI is InChI=1S/C18H16O3/c19-17-15(11-13-7-3-1-4-8-13)18(21-17)16(20-18)12-14-9-5-2-6-10-14/h1-10,15-16H,11-12H2/t15-,16-,18+/m0/s1. The van der Waals surface area contributed by atoms with Crippen molar-refractivity contribution in [2.24, 2.45) is 5.92 Å². The molecule has 1 spiro atoms. The molecule has 0 N–H and O–H groups in total. The maximum Gasteiger partial charge on any atom is 0.318 e. The van der Waals surface area contributed by atoms with E-state index in [-0.39, 0.29) is 18.0 Å². The summed E-state index contributed by atoms with van der Waals surface area (Å²) in [5.74, 6) is -0.981. The molecule has 21 heavy (non-hydrogen) atoms. The van der Waals surface area contributed by atoms with E-state index in [9.17, 15) is 4.79 Å². The zero-order chi connectivity index (χ0) is 14.3. The average molecular weight is 280 g/mol. The number of ether oxygens (including phenoxy) is 2. The second-order valence-electron chi connectivity index (χ2n) is 5.68. The van der Waals surface area contributed by atoms with Gasteiger partial charge in [0.2, 0.25) is 0 Å². The third kappa shape index (κ3) is 2.14. The molecule has 2 aliphatic heterocycles. The van der Waals surface area contributed by atoms with Crippen LogP contribution in [0.3, 0.4) is 0 Å². The minimum atomic E-state index is -0.664. The van der Waals surface area contributed by atoms with Crippen LogP contribution in [-0.4, -0.2) is 17.9 Å². The van der Waals surface area contributed by atoms with Crippen LogP contribution in [0.4, 0.5) is 0 Å². The Balaban J connectivity index is 1.45. The van der Waals surface area contributed by atoms with Crippen LogP contribution in [0.1, 0.15) is 11.1 Å². The number of hydrogen-bond acceptors (Lipinski definition) is 3. The fraction of sp³-hybridized carbons (Fsp3) is 0.278. The predicted octanol–water partition coefficient (Wildman–Crippen LogP) is 2.74. The maximum absolute atomic E-state index is 11.8. The van der Waals surface area contributed by atoms with Crippen molar-refractivity contribution in [2.45, 2.75) is 24.7 Å². The summed E-state index contributed by atoms with van der Waals surface area (Å²) >= 11 is 0. The van der Waals surface area contributed by atoms with E-state index in [0.29, 0.717) is 6.42 Å². The normalized spacial score (nSPS) is 29.8. The Bertz CT molecular complexity index is 653. The summed E-state index contributed by atoms with van der Waals surface area (Å²) in [5, 5.41) is 0. The molecule has 0 bridgehead atoms. The lowest BCUT2D eigenvalue weighted by molar-refractivity contribution is -0.209. The van der Waals surface area contributed by atoms with Crippen molar-refractivity contribution in [3.63, 3.8) is 0 Å². The molecule has 0 unspecified atom stereocenters. The molecule has 3 nitrogen and oxygen atoms in total. The number of carbonyl (C=O) groups is 1. The molecular formula is C18H16O3. The number of rotatable bonds is 4. The highest BCUT2D eigenvalue weighted by Gasteiger charge is 2.74. The van der Waals surface area contributed by atoms with Gasteiger partial charge in [0, 0.05) is 6.42 Å². The van der Waals surface area contributed by atoms with Crippen molar-refractivity contribution in [1.82, 2.24) is 0 Å². The van der Waals surface area contributed by atoms with Gasteiger partial charge in [0.05, 0.1) is 0 Å². The molecule has 2 heterocycles. The lowest BCUT2D eigenvalue weighted by atomic mass is 9.86. The maximum atomic E-state index is 11.8.